The van der Waals surface area contributed by atoms with E-state index in [9.17, 15) is 0 Å². The highest BCUT2D eigenvalue weighted by molar-refractivity contribution is 5.82. The van der Waals surface area contributed by atoms with Crippen LogP contribution in [0.15, 0.2) is 88.3 Å². The second-order valence-electron chi connectivity index (χ2n) is 8.22. The van der Waals surface area contributed by atoms with Crippen molar-refractivity contribution >= 4 is 11.9 Å². The lowest BCUT2D eigenvalue weighted by Gasteiger charge is -2.47. The van der Waals surface area contributed by atoms with Crippen molar-refractivity contribution in [1.29, 1.82) is 0 Å². The van der Waals surface area contributed by atoms with Crippen LogP contribution in [-0.4, -0.2) is 25.8 Å². The molecule has 1 aromatic rings. The number of anilines is 1. The van der Waals surface area contributed by atoms with Crippen LogP contribution in [0, 0.1) is 5.92 Å². The molecule has 0 fully saturated rings. The summed E-state index contributed by atoms with van der Waals surface area (Å²) in [4.78, 5) is 7.38. The van der Waals surface area contributed by atoms with Crippen molar-refractivity contribution in [3.8, 4) is 0 Å². The van der Waals surface area contributed by atoms with Crippen LogP contribution in [0.5, 0.6) is 0 Å². The minimum atomic E-state index is -0.323. The second kappa shape index (κ2) is 6.97. The fraction of sp³-hybridized carbons (Fsp3) is 0.320. The van der Waals surface area contributed by atoms with Crippen molar-refractivity contribution in [2.75, 3.05) is 19.0 Å². The molecule has 28 heavy (non-hydrogen) atoms. The third kappa shape index (κ3) is 3.05. The van der Waals surface area contributed by atoms with E-state index < -0.39 is 0 Å². The molecule has 1 heterocycles. The molecule has 2 atom stereocenters. The molecule has 3 aliphatic rings. The summed E-state index contributed by atoms with van der Waals surface area (Å²) < 4.78 is 0. The third-order valence-electron chi connectivity index (χ3n) is 6.01. The topological polar surface area (TPSA) is 27.6 Å². The van der Waals surface area contributed by atoms with Crippen LogP contribution < -0.4 is 10.2 Å². The fourth-order valence-corrected chi connectivity index (χ4v) is 4.77. The molecule has 0 saturated heterocycles. The lowest BCUT2D eigenvalue weighted by atomic mass is 9.62. The zero-order valence-electron chi connectivity index (χ0n) is 17.3. The van der Waals surface area contributed by atoms with Crippen molar-refractivity contribution in [1.82, 2.24) is 5.32 Å². The van der Waals surface area contributed by atoms with Crippen molar-refractivity contribution in [2.45, 2.75) is 32.2 Å². The Kier molecular flexibility index (Phi) is 4.62. The summed E-state index contributed by atoms with van der Waals surface area (Å²) >= 11 is 0. The second-order valence-corrected chi connectivity index (χ2v) is 8.22. The van der Waals surface area contributed by atoms with Crippen molar-refractivity contribution < 1.29 is 0 Å². The Labute approximate surface area is 168 Å². The molecular formula is C25H29N3. The fourth-order valence-electron chi connectivity index (χ4n) is 4.77. The Balaban J connectivity index is 1.79. The van der Waals surface area contributed by atoms with Gasteiger partial charge in [-0.15, -0.1) is 0 Å². The quantitative estimate of drug-likeness (QED) is 0.587. The Morgan fingerprint density at radius 3 is 2.64 bits per heavy atom. The van der Waals surface area contributed by atoms with Gasteiger partial charge in [-0.1, -0.05) is 42.5 Å². The molecule has 1 aliphatic heterocycles. The summed E-state index contributed by atoms with van der Waals surface area (Å²) in [5, 5.41) is 3.51. The number of dihydropyridines is 1. The number of nitrogens with zero attached hydrogens (tertiary/aromatic N) is 2. The summed E-state index contributed by atoms with van der Waals surface area (Å²) in [7, 11) is 4.12. The van der Waals surface area contributed by atoms with Gasteiger partial charge in [0, 0.05) is 55.3 Å². The molecule has 0 spiro atoms. The molecule has 0 amide bonds. The largest absolute Gasteiger partial charge is 0.378 e. The minimum Gasteiger partial charge on any atom is -0.378 e. The SMILES string of the molecule is C=C1C=CC2=C(CC3C=C(C)CC2(/N=C/c2ccc(N(C)C)cc2)/C3=C/C)N1. The standard InChI is InChI=1S/C25H29N3/c1-6-22-20-13-17(2)15-25(22,23-12-7-18(3)27-24(23)14-20)26-16-19-8-10-21(11-9-19)28(4)5/h6-13,16,20,27H,3,14-15H2,1-2,4-5H3/b22-6+,26-16+. The van der Waals surface area contributed by atoms with Gasteiger partial charge in [-0.3, -0.25) is 4.99 Å². The first-order valence-corrected chi connectivity index (χ1v) is 9.97. The summed E-state index contributed by atoms with van der Waals surface area (Å²) in [6, 6.07) is 8.57. The van der Waals surface area contributed by atoms with E-state index in [1.165, 1.54) is 28.1 Å². The molecule has 144 valence electrons. The Hall–Kier alpha value is -2.81. The van der Waals surface area contributed by atoms with Crippen LogP contribution in [0.1, 0.15) is 32.3 Å². The summed E-state index contributed by atoms with van der Waals surface area (Å²) in [6.07, 6.45) is 13.0. The van der Waals surface area contributed by atoms with Crippen LogP contribution in [0.25, 0.3) is 0 Å². The highest BCUT2D eigenvalue weighted by atomic mass is 15.1. The number of nitrogens with one attached hydrogen (secondary N) is 1. The van der Waals surface area contributed by atoms with Gasteiger partial charge in [-0.05, 0) is 49.6 Å². The maximum atomic E-state index is 5.27. The molecule has 3 nitrogen and oxygen atoms in total. The van der Waals surface area contributed by atoms with Gasteiger partial charge in [0.15, 0.2) is 0 Å². The minimum absolute atomic E-state index is 0.323. The van der Waals surface area contributed by atoms with Crippen molar-refractivity contribution in [3.63, 3.8) is 0 Å². The summed E-state index contributed by atoms with van der Waals surface area (Å²) in [5.74, 6) is 0.401. The lowest BCUT2D eigenvalue weighted by molar-refractivity contribution is 0.453. The van der Waals surface area contributed by atoms with E-state index in [4.69, 9.17) is 4.99 Å². The van der Waals surface area contributed by atoms with Gasteiger partial charge in [-0.2, -0.15) is 0 Å². The van der Waals surface area contributed by atoms with Gasteiger partial charge in [0.25, 0.3) is 0 Å². The highest BCUT2D eigenvalue weighted by Gasteiger charge is 2.47. The van der Waals surface area contributed by atoms with Gasteiger partial charge in [0.05, 0.1) is 0 Å². The number of allylic oxidation sites excluding steroid dienone is 4. The normalized spacial score (nSPS) is 27.7. The van der Waals surface area contributed by atoms with E-state index in [1.807, 2.05) is 6.21 Å². The number of fused-ring (bicyclic) bond motifs is 3. The van der Waals surface area contributed by atoms with Crippen LogP contribution in [0.3, 0.4) is 0 Å². The molecule has 0 radical (unpaired) electrons. The van der Waals surface area contributed by atoms with Gasteiger partial charge in [-0.25, -0.2) is 0 Å². The number of aliphatic imine (C=N–C) groups is 1. The number of rotatable bonds is 3. The van der Waals surface area contributed by atoms with Crippen molar-refractivity contribution in [2.24, 2.45) is 10.9 Å². The first kappa shape index (κ1) is 18.5. The number of benzene rings is 1. The van der Waals surface area contributed by atoms with E-state index in [0.29, 0.717) is 5.92 Å². The molecule has 3 heteroatoms. The van der Waals surface area contributed by atoms with Gasteiger partial charge >= 0.3 is 0 Å². The van der Waals surface area contributed by atoms with E-state index in [-0.39, 0.29) is 5.54 Å². The molecular weight excluding hydrogens is 342 g/mol. The zero-order valence-corrected chi connectivity index (χ0v) is 17.3. The lowest BCUT2D eigenvalue weighted by Crippen LogP contribution is -2.44. The monoisotopic (exact) mass is 371 g/mol. The Morgan fingerprint density at radius 1 is 1.21 bits per heavy atom. The van der Waals surface area contributed by atoms with E-state index in [2.05, 4.69) is 93.3 Å². The van der Waals surface area contributed by atoms with Crippen LogP contribution in [-0.2, 0) is 0 Å². The third-order valence-corrected chi connectivity index (χ3v) is 6.01. The molecule has 2 aliphatic carbocycles. The van der Waals surface area contributed by atoms with E-state index in [1.54, 1.807) is 0 Å². The molecule has 1 aromatic carbocycles. The van der Waals surface area contributed by atoms with Crippen LogP contribution in [0.4, 0.5) is 5.69 Å². The molecule has 2 bridgehead atoms. The van der Waals surface area contributed by atoms with Crippen LogP contribution in [0.2, 0.25) is 0 Å². The van der Waals surface area contributed by atoms with E-state index >= 15 is 0 Å². The highest BCUT2D eigenvalue weighted by Crippen LogP contribution is 2.52. The summed E-state index contributed by atoms with van der Waals surface area (Å²) in [5.41, 5.74) is 8.35. The van der Waals surface area contributed by atoms with Gasteiger partial charge in [0.2, 0.25) is 0 Å². The molecule has 0 saturated carbocycles. The summed E-state index contributed by atoms with van der Waals surface area (Å²) in [6.45, 7) is 8.47. The van der Waals surface area contributed by atoms with E-state index in [0.717, 1.165) is 24.1 Å². The smallest absolute Gasteiger partial charge is 0.113 e. The maximum Gasteiger partial charge on any atom is 0.113 e. The van der Waals surface area contributed by atoms with Crippen molar-refractivity contribution in [3.05, 3.63) is 88.8 Å². The van der Waals surface area contributed by atoms with Gasteiger partial charge < -0.3 is 10.2 Å². The molecule has 1 N–H and O–H groups in total. The molecule has 0 aromatic heterocycles. The van der Waals surface area contributed by atoms with Gasteiger partial charge in [0.1, 0.15) is 5.54 Å². The molecule has 4 rings (SSSR count). The zero-order chi connectivity index (χ0) is 19.9. The first-order chi connectivity index (χ1) is 13.4. The molecule has 2 unspecified atom stereocenters. The van der Waals surface area contributed by atoms with Crippen LogP contribution >= 0.6 is 0 Å². The average Bonchev–Trinajstić information content (AvgIpc) is 2.66. The average molecular weight is 372 g/mol. The Morgan fingerprint density at radius 2 is 1.96 bits per heavy atom. The Bertz CT molecular complexity index is 954. The maximum absolute atomic E-state index is 5.27. The predicted molar refractivity (Wildman–Crippen MR) is 120 cm³/mol. The number of hydrogen-bond acceptors (Lipinski definition) is 3. The first-order valence-electron chi connectivity index (χ1n) is 9.97. The number of hydrogen-bond donors (Lipinski definition) is 1. The predicted octanol–water partition coefficient (Wildman–Crippen LogP) is 5.15.